The minimum atomic E-state index is -3.52. The molecule has 1 heterocycles. The van der Waals surface area contributed by atoms with Crippen molar-refractivity contribution < 1.29 is 8.42 Å². The molecule has 7 heteroatoms. The van der Waals surface area contributed by atoms with Crippen molar-refractivity contribution in [3.63, 3.8) is 0 Å². The van der Waals surface area contributed by atoms with Gasteiger partial charge in [-0.25, -0.2) is 18.1 Å². The van der Waals surface area contributed by atoms with Gasteiger partial charge >= 0.3 is 0 Å². The van der Waals surface area contributed by atoms with E-state index in [4.69, 9.17) is 0 Å². The Morgan fingerprint density at radius 2 is 2.22 bits per heavy atom. The molecule has 5 nitrogen and oxygen atoms in total. The van der Waals surface area contributed by atoms with Crippen LogP contribution in [0.2, 0.25) is 0 Å². The van der Waals surface area contributed by atoms with E-state index in [9.17, 15) is 8.42 Å². The summed E-state index contributed by atoms with van der Waals surface area (Å²) in [6.45, 7) is 1.95. The molecule has 0 aliphatic heterocycles. The highest BCUT2D eigenvalue weighted by molar-refractivity contribution is 9.10. The maximum absolute atomic E-state index is 12.1. The van der Waals surface area contributed by atoms with Gasteiger partial charge < -0.3 is 4.98 Å². The van der Waals surface area contributed by atoms with E-state index < -0.39 is 10.0 Å². The average molecular weight is 330 g/mol. The number of aromatic amines is 1. The molecule has 2 aromatic rings. The molecule has 1 aromatic heterocycles. The summed E-state index contributed by atoms with van der Waals surface area (Å²) in [6.07, 6.45) is 3.09. The van der Waals surface area contributed by atoms with Crippen LogP contribution in [0.3, 0.4) is 0 Å². The zero-order chi connectivity index (χ0) is 13.2. The van der Waals surface area contributed by atoms with E-state index in [1.54, 1.807) is 25.3 Å². The van der Waals surface area contributed by atoms with Gasteiger partial charge in [0, 0.05) is 16.4 Å². The standard InChI is InChI=1S/C11H12BrN3O2S/c1-8-2-3-9(12)4-11(8)18(16,17)15-6-10-5-13-7-14-10/h2-5,7,15H,6H2,1H3,(H,13,14). The molecule has 0 aliphatic carbocycles. The first-order valence-electron chi connectivity index (χ1n) is 5.22. The third kappa shape index (κ3) is 2.98. The highest BCUT2D eigenvalue weighted by atomic mass is 79.9. The van der Waals surface area contributed by atoms with Gasteiger partial charge in [-0.05, 0) is 24.6 Å². The molecule has 0 spiro atoms. The quantitative estimate of drug-likeness (QED) is 0.900. The lowest BCUT2D eigenvalue weighted by Crippen LogP contribution is -2.24. The minimum Gasteiger partial charge on any atom is -0.347 e. The van der Waals surface area contributed by atoms with Crippen molar-refractivity contribution in [3.05, 3.63) is 46.5 Å². The monoisotopic (exact) mass is 329 g/mol. The molecule has 0 saturated carbocycles. The molecule has 0 atom stereocenters. The number of nitrogens with one attached hydrogen (secondary N) is 2. The fourth-order valence-electron chi connectivity index (χ4n) is 1.50. The Hall–Kier alpha value is -1.18. The molecule has 2 N–H and O–H groups in total. The largest absolute Gasteiger partial charge is 0.347 e. The Bertz CT molecular complexity index is 638. The Balaban J connectivity index is 2.22. The Morgan fingerprint density at radius 1 is 1.44 bits per heavy atom. The molecule has 18 heavy (non-hydrogen) atoms. The zero-order valence-electron chi connectivity index (χ0n) is 9.64. The van der Waals surface area contributed by atoms with Crippen molar-refractivity contribution in [2.24, 2.45) is 0 Å². The second kappa shape index (κ2) is 5.21. The van der Waals surface area contributed by atoms with Crippen molar-refractivity contribution in [3.8, 4) is 0 Å². The van der Waals surface area contributed by atoms with Crippen LogP contribution in [0, 0.1) is 6.92 Å². The second-order valence-corrected chi connectivity index (χ2v) is 6.46. The van der Waals surface area contributed by atoms with E-state index in [0.717, 1.165) is 4.47 Å². The summed E-state index contributed by atoms with van der Waals surface area (Å²) in [5.74, 6) is 0. The van der Waals surface area contributed by atoms with Crippen molar-refractivity contribution in [1.82, 2.24) is 14.7 Å². The van der Waals surface area contributed by atoms with Crippen molar-refractivity contribution >= 4 is 26.0 Å². The number of halogens is 1. The molecule has 0 aliphatic rings. The van der Waals surface area contributed by atoms with E-state index in [0.29, 0.717) is 11.3 Å². The van der Waals surface area contributed by atoms with Crippen LogP contribution >= 0.6 is 15.9 Å². The van der Waals surface area contributed by atoms with Crippen LogP contribution in [0.5, 0.6) is 0 Å². The molecule has 0 radical (unpaired) electrons. The number of aryl methyl sites for hydroxylation is 1. The van der Waals surface area contributed by atoms with E-state index in [-0.39, 0.29) is 11.4 Å². The average Bonchev–Trinajstić information content (AvgIpc) is 2.83. The predicted octanol–water partition coefficient (Wildman–Crippen LogP) is 1.96. The number of H-pyrrole nitrogens is 1. The lowest BCUT2D eigenvalue weighted by atomic mass is 10.2. The van der Waals surface area contributed by atoms with Crippen LogP contribution in [0.1, 0.15) is 11.3 Å². The van der Waals surface area contributed by atoms with Gasteiger partial charge in [-0.3, -0.25) is 0 Å². The van der Waals surface area contributed by atoms with Crippen LogP contribution in [0.25, 0.3) is 0 Å². The maximum Gasteiger partial charge on any atom is 0.241 e. The first kappa shape index (κ1) is 13.3. The SMILES string of the molecule is Cc1ccc(Br)cc1S(=O)(=O)NCc1cnc[nH]1. The van der Waals surface area contributed by atoms with Gasteiger partial charge in [-0.15, -0.1) is 0 Å². The van der Waals surface area contributed by atoms with Crippen LogP contribution in [0.4, 0.5) is 0 Å². The number of sulfonamides is 1. The molecule has 2 rings (SSSR count). The molecule has 0 amide bonds. The Morgan fingerprint density at radius 3 is 2.89 bits per heavy atom. The lowest BCUT2D eigenvalue weighted by molar-refractivity contribution is 0.580. The molecular weight excluding hydrogens is 318 g/mol. The number of hydrogen-bond acceptors (Lipinski definition) is 3. The van der Waals surface area contributed by atoms with E-state index in [1.807, 2.05) is 6.07 Å². The predicted molar refractivity (Wildman–Crippen MR) is 71.5 cm³/mol. The zero-order valence-corrected chi connectivity index (χ0v) is 12.0. The van der Waals surface area contributed by atoms with Gasteiger partial charge in [0.15, 0.2) is 0 Å². The van der Waals surface area contributed by atoms with Gasteiger partial charge in [-0.2, -0.15) is 0 Å². The lowest BCUT2D eigenvalue weighted by Gasteiger charge is -2.09. The Labute approximate surface area is 114 Å². The summed E-state index contributed by atoms with van der Waals surface area (Å²) in [5, 5.41) is 0. The summed E-state index contributed by atoms with van der Waals surface area (Å²) >= 11 is 3.27. The molecular formula is C11H12BrN3O2S. The van der Waals surface area contributed by atoms with Crippen molar-refractivity contribution in [2.45, 2.75) is 18.4 Å². The van der Waals surface area contributed by atoms with Crippen LogP contribution in [0.15, 0.2) is 40.1 Å². The highest BCUT2D eigenvalue weighted by Gasteiger charge is 2.16. The summed E-state index contributed by atoms with van der Waals surface area (Å²) in [7, 11) is -3.52. The molecule has 0 saturated heterocycles. The number of benzene rings is 1. The second-order valence-electron chi connectivity index (χ2n) is 3.81. The smallest absolute Gasteiger partial charge is 0.241 e. The fourth-order valence-corrected chi connectivity index (χ4v) is 3.28. The van der Waals surface area contributed by atoms with Crippen molar-refractivity contribution in [1.29, 1.82) is 0 Å². The number of aromatic nitrogens is 2. The Kier molecular flexibility index (Phi) is 3.84. The van der Waals surface area contributed by atoms with Crippen LogP contribution < -0.4 is 4.72 Å². The van der Waals surface area contributed by atoms with E-state index >= 15 is 0 Å². The summed E-state index contributed by atoms with van der Waals surface area (Å²) in [6, 6.07) is 5.16. The van der Waals surface area contributed by atoms with Gasteiger partial charge in [-0.1, -0.05) is 22.0 Å². The van der Waals surface area contributed by atoms with Gasteiger partial charge in [0.25, 0.3) is 0 Å². The number of imidazole rings is 1. The maximum atomic E-state index is 12.1. The number of rotatable bonds is 4. The molecule has 1 aromatic carbocycles. The van der Waals surface area contributed by atoms with Gasteiger partial charge in [0.2, 0.25) is 10.0 Å². The van der Waals surface area contributed by atoms with Gasteiger partial charge in [0.05, 0.1) is 17.8 Å². The summed E-state index contributed by atoms with van der Waals surface area (Å²) in [5.41, 5.74) is 1.42. The van der Waals surface area contributed by atoms with E-state index in [1.165, 1.54) is 6.33 Å². The topological polar surface area (TPSA) is 74.8 Å². The third-order valence-corrected chi connectivity index (χ3v) is 4.48. The van der Waals surface area contributed by atoms with Crippen LogP contribution in [-0.2, 0) is 16.6 Å². The first-order chi connectivity index (χ1) is 8.49. The minimum absolute atomic E-state index is 0.189. The number of hydrogen-bond donors (Lipinski definition) is 2. The molecule has 0 unspecified atom stereocenters. The first-order valence-corrected chi connectivity index (χ1v) is 7.50. The summed E-state index contributed by atoms with van der Waals surface area (Å²) in [4.78, 5) is 6.94. The normalized spacial score (nSPS) is 11.7. The molecule has 0 fully saturated rings. The van der Waals surface area contributed by atoms with Gasteiger partial charge in [0.1, 0.15) is 0 Å². The number of nitrogens with zero attached hydrogens (tertiary/aromatic N) is 1. The van der Waals surface area contributed by atoms with Crippen molar-refractivity contribution in [2.75, 3.05) is 0 Å². The van der Waals surface area contributed by atoms with Crippen LogP contribution in [-0.4, -0.2) is 18.4 Å². The molecule has 0 bridgehead atoms. The summed E-state index contributed by atoms with van der Waals surface area (Å²) < 4.78 is 27.5. The highest BCUT2D eigenvalue weighted by Crippen LogP contribution is 2.20. The molecule has 96 valence electrons. The van der Waals surface area contributed by atoms with E-state index in [2.05, 4.69) is 30.6 Å². The third-order valence-electron chi connectivity index (χ3n) is 2.45. The fraction of sp³-hybridized carbons (Fsp3) is 0.182.